The number of ether oxygens (including phenoxy) is 2. The summed E-state index contributed by atoms with van der Waals surface area (Å²) in [5.41, 5.74) is 2.51. The number of carbonyl (C=O) groups excluding carboxylic acids is 1. The maximum atomic E-state index is 11.4. The molecule has 0 bridgehead atoms. The van der Waals surface area contributed by atoms with E-state index >= 15 is 0 Å². The topological polar surface area (TPSA) is 50.8 Å². The van der Waals surface area contributed by atoms with E-state index in [-0.39, 0.29) is 18.1 Å². The largest absolute Gasteiger partial charge is 0.379 e. The van der Waals surface area contributed by atoms with Crippen LogP contribution in [0.2, 0.25) is 0 Å². The molecule has 1 aliphatic heterocycles. The first-order valence-electron chi connectivity index (χ1n) is 5.23. The summed E-state index contributed by atoms with van der Waals surface area (Å²) in [7, 11) is 0. The first-order chi connectivity index (χ1) is 6.97. The van der Waals surface area contributed by atoms with Gasteiger partial charge in [-0.1, -0.05) is 0 Å². The number of hydrogen-bond acceptors (Lipinski definition) is 4. The molecule has 5 nitrogen and oxygen atoms in total. The zero-order valence-electron chi connectivity index (χ0n) is 9.71. The van der Waals surface area contributed by atoms with Crippen LogP contribution >= 0.6 is 0 Å². The lowest BCUT2D eigenvalue weighted by atomic mass is 10.2. The molecule has 0 atom stereocenters. The van der Waals surface area contributed by atoms with E-state index < -0.39 is 0 Å². The molecule has 0 aromatic heterocycles. The fourth-order valence-corrected chi connectivity index (χ4v) is 1.17. The summed E-state index contributed by atoms with van der Waals surface area (Å²) < 4.78 is 10.5. The van der Waals surface area contributed by atoms with Crippen LogP contribution in [0.1, 0.15) is 20.8 Å². The van der Waals surface area contributed by atoms with Gasteiger partial charge in [0.2, 0.25) is 0 Å². The summed E-state index contributed by atoms with van der Waals surface area (Å²) >= 11 is 0. The summed E-state index contributed by atoms with van der Waals surface area (Å²) in [6.07, 6.45) is 0. The third kappa shape index (κ3) is 5.71. The Balaban J connectivity index is 2.17. The second kappa shape index (κ2) is 5.44. The molecule has 0 aliphatic carbocycles. The second-order valence-corrected chi connectivity index (χ2v) is 4.54. The maximum absolute atomic E-state index is 11.4. The summed E-state index contributed by atoms with van der Waals surface area (Å²) in [5.74, 6) is -0.105. The van der Waals surface area contributed by atoms with Gasteiger partial charge < -0.3 is 9.47 Å². The number of nitrogens with zero attached hydrogens (tertiary/aromatic N) is 1. The molecule has 0 radical (unpaired) electrons. The number of carbonyl (C=O) groups is 1. The van der Waals surface area contributed by atoms with Crippen LogP contribution in [0.15, 0.2) is 0 Å². The highest BCUT2D eigenvalue weighted by molar-refractivity contribution is 5.76. The zero-order valence-corrected chi connectivity index (χ0v) is 9.71. The molecule has 0 unspecified atom stereocenters. The molecule has 88 valence electrons. The predicted octanol–water partition coefficient (Wildman–Crippen LogP) is 0.165. The number of rotatable bonds is 3. The summed E-state index contributed by atoms with van der Waals surface area (Å²) in [5, 5.41) is 1.86. The van der Waals surface area contributed by atoms with Crippen molar-refractivity contribution in [3.05, 3.63) is 0 Å². The third-order valence-corrected chi connectivity index (χ3v) is 1.93. The number of hydrogen-bond donors (Lipinski definition) is 1. The zero-order chi connectivity index (χ0) is 11.3. The Morgan fingerprint density at radius 1 is 1.40 bits per heavy atom. The van der Waals surface area contributed by atoms with Gasteiger partial charge in [-0.3, -0.25) is 10.2 Å². The molecule has 1 fully saturated rings. The smallest absolute Gasteiger partial charge is 0.260 e. The third-order valence-electron chi connectivity index (χ3n) is 1.93. The van der Waals surface area contributed by atoms with E-state index in [4.69, 9.17) is 9.47 Å². The van der Waals surface area contributed by atoms with Crippen molar-refractivity contribution in [3.8, 4) is 0 Å². The Hall–Kier alpha value is -0.650. The average molecular weight is 216 g/mol. The van der Waals surface area contributed by atoms with Gasteiger partial charge in [-0.25, -0.2) is 5.01 Å². The van der Waals surface area contributed by atoms with E-state index in [1.807, 2.05) is 25.8 Å². The van der Waals surface area contributed by atoms with E-state index in [1.54, 1.807) is 0 Å². The lowest BCUT2D eigenvalue weighted by Crippen LogP contribution is -2.49. The molecule has 0 aromatic carbocycles. The van der Waals surface area contributed by atoms with Crippen molar-refractivity contribution in [3.63, 3.8) is 0 Å². The maximum Gasteiger partial charge on any atom is 0.260 e. The van der Waals surface area contributed by atoms with Gasteiger partial charge in [-0.2, -0.15) is 0 Å². The van der Waals surface area contributed by atoms with Crippen LogP contribution in [0.3, 0.4) is 0 Å². The Kier molecular flexibility index (Phi) is 4.50. The van der Waals surface area contributed by atoms with E-state index in [2.05, 4.69) is 5.43 Å². The van der Waals surface area contributed by atoms with Crippen molar-refractivity contribution in [2.45, 2.75) is 26.4 Å². The minimum atomic E-state index is -0.275. The average Bonchev–Trinajstić information content (AvgIpc) is 2.15. The van der Waals surface area contributed by atoms with Crippen LogP contribution in [0.5, 0.6) is 0 Å². The molecule has 0 aromatic rings. The monoisotopic (exact) mass is 216 g/mol. The van der Waals surface area contributed by atoms with Crippen molar-refractivity contribution in [1.82, 2.24) is 10.4 Å². The number of amides is 1. The lowest BCUT2D eigenvalue weighted by molar-refractivity contribution is -0.137. The van der Waals surface area contributed by atoms with Crippen LogP contribution in [-0.2, 0) is 14.3 Å². The molecule has 0 saturated carbocycles. The van der Waals surface area contributed by atoms with Gasteiger partial charge in [0.1, 0.15) is 6.61 Å². The molecule has 15 heavy (non-hydrogen) atoms. The van der Waals surface area contributed by atoms with Crippen molar-refractivity contribution in [2.75, 3.05) is 32.9 Å². The van der Waals surface area contributed by atoms with E-state index in [9.17, 15) is 4.79 Å². The van der Waals surface area contributed by atoms with Crippen LogP contribution < -0.4 is 5.43 Å². The Bertz CT molecular complexity index is 207. The molecule has 1 aliphatic rings. The molecule has 1 saturated heterocycles. The molecular formula is C10H20N2O3. The van der Waals surface area contributed by atoms with Crippen LogP contribution in [0.25, 0.3) is 0 Å². The number of hydrazine groups is 1. The van der Waals surface area contributed by atoms with Crippen molar-refractivity contribution < 1.29 is 14.3 Å². The molecule has 1 rings (SSSR count). The lowest BCUT2D eigenvalue weighted by Gasteiger charge is -2.27. The van der Waals surface area contributed by atoms with Crippen LogP contribution in [0.4, 0.5) is 0 Å². The van der Waals surface area contributed by atoms with Crippen molar-refractivity contribution >= 4 is 5.91 Å². The van der Waals surface area contributed by atoms with Gasteiger partial charge in [0, 0.05) is 13.1 Å². The SMILES string of the molecule is CC(C)(C)OCC(=O)NN1CCOCC1. The Labute approximate surface area is 90.7 Å². The first kappa shape index (κ1) is 12.4. The molecule has 1 N–H and O–H groups in total. The second-order valence-electron chi connectivity index (χ2n) is 4.54. The summed E-state index contributed by atoms with van der Waals surface area (Å²) in [6, 6.07) is 0. The normalized spacial score (nSPS) is 18.9. The number of morpholine rings is 1. The Morgan fingerprint density at radius 2 is 2.00 bits per heavy atom. The molecule has 1 heterocycles. The molecule has 0 spiro atoms. The van der Waals surface area contributed by atoms with E-state index in [0.29, 0.717) is 13.2 Å². The first-order valence-corrected chi connectivity index (χ1v) is 5.23. The van der Waals surface area contributed by atoms with Gasteiger partial charge >= 0.3 is 0 Å². The van der Waals surface area contributed by atoms with Crippen LogP contribution in [-0.4, -0.2) is 49.4 Å². The highest BCUT2D eigenvalue weighted by Gasteiger charge is 2.16. The number of nitrogens with one attached hydrogen (secondary N) is 1. The van der Waals surface area contributed by atoms with Gasteiger partial charge in [0.25, 0.3) is 5.91 Å². The van der Waals surface area contributed by atoms with E-state index in [1.165, 1.54) is 0 Å². The standard InChI is InChI=1S/C10H20N2O3/c1-10(2,3)15-8-9(13)11-12-4-6-14-7-5-12/h4-8H2,1-3H3,(H,11,13). The van der Waals surface area contributed by atoms with Gasteiger partial charge in [-0.05, 0) is 20.8 Å². The van der Waals surface area contributed by atoms with Crippen molar-refractivity contribution in [2.24, 2.45) is 0 Å². The van der Waals surface area contributed by atoms with E-state index in [0.717, 1.165) is 13.1 Å². The summed E-state index contributed by atoms with van der Waals surface area (Å²) in [4.78, 5) is 11.4. The molecular weight excluding hydrogens is 196 g/mol. The fraction of sp³-hybridized carbons (Fsp3) is 0.900. The van der Waals surface area contributed by atoms with Gasteiger partial charge in [0.05, 0.1) is 18.8 Å². The quantitative estimate of drug-likeness (QED) is 0.730. The highest BCUT2D eigenvalue weighted by Crippen LogP contribution is 2.05. The Morgan fingerprint density at radius 3 is 2.53 bits per heavy atom. The van der Waals surface area contributed by atoms with Gasteiger partial charge in [0.15, 0.2) is 0 Å². The molecule has 1 amide bonds. The summed E-state index contributed by atoms with van der Waals surface area (Å²) in [6.45, 7) is 8.68. The minimum absolute atomic E-state index is 0.0981. The highest BCUT2D eigenvalue weighted by atomic mass is 16.5. The minimum Gasteiger partial charge on any atom is -0.379 e. The predicted molar refractivity (Wildman–Crippen MR) is 56.2 cm³/mol. The van der Waals surface area contributed by atoms with Gasteiger partial charge in [-0.15, -0.1) is 0 Å². The molecule has 5 heteroatoms. The van der Waals surface area contributed by atoms with Crippen LogP contribution in [0, 0.1) is 0 Å². The van der Waals surface area contributed by atoms with Crippen molar-refractivity contribution in [1.29, 1.82) is 0 Å². The fourth-order valence-electron chi connectivity index (χ4n) is 1.17.